The van der Waals surface area contributed by atoms with Crippen molar-refractivity contribution in [1.29, 1.82) is 0 Å². The van der Waals surface area contributed by atoms with Gasteiger partial charge in [0, 0.05) is 31.9 Å². The summed E-state index contributed by atoms with van der Waals surface area (Å²) in [5, 5.41) is 0. The summed E-state index contributed by atoms with van der Waals surface area (Å²) in [5.41, 5.74) is 1.95. The third-order valence-electron chi connectivity index (χ3n) is 4.09. The van der Waals surface area contributed by atoms with Crippen molar-refractivity contribution in [3.05, 3.63) is 59.9 Å². The number of anilines is 1. The fourth-order valence-corrected chi connectivity index (χ4v) is 4.12. The van der Waals surface area contributed by atoms with Gasteiger partial charge in [0.05, 0.1) is 4.90 Å². The van der Waals surface area contributed by atoms with Gasteiger partial charge in [-0.1, -0.05) is 17.7 Å². The highest BCUT2D eigenvalue weighted by Gasteiger charge is 2.28. The third-order valence-corrected chi connectivity index (χ3v) is 6.00. The summed E-state index contributed by atoms with van der Waals surface area (Å²) < 4.78 is 39.8. The van der Waals surface area contributed by atoms with Crippen LogP contribution in [0.1, 0.15) is 5.56 Å². The first-order valence-corrected chi connectivity index (χ1v) is 8.98. The Bertz CT molecular complexity index is 765. The smallest absolute Gasteiger partial charge is 0.243 e. The van der Waals surface area contributed by atoms with E-state index in [9.17, 15) is 12.8 Å². The molecule has 0 atom stereocenters. The molecule has 0 saturated carbocycles. The Morgan fingerprint density at radius 1 is 0.870 bits per heavy atom. The lowest BCUT2D eigenvalue weighted by molar-refractivity contribution is 0.385. The van der Waals surface area contributed by atoms with Gasteiger partial charge in [-0.3, -0.25) is 0 Å². The Labute approximate surface area is 136 Å². The average Bonchev–Trinajstić information content (AvgIpc) is 2.56. The molecule has 0 aromatic heterocycles. The van der Waals surface area contributed by atoms with Gasteiger partial charge < -0.3 is 4.90 Å². The number of aryl methyl sites for hydroxylation is 1. The van der Waals surface area contributed by atoms with Crippen molar-refractivity contribution < 1.29 is 12.8 Å². The average molecular weight is 334 g/mol. The fourth-order valence-electron chi connectivity index (χ4n) is 2.70. The molecule has 1 fully saturated rings. The summed E-state index contributed by atoms with van der Waals surface area (Å²) in [6.07, 6.45) is 0. The molecule has 0 spiro atoms. The van der Waals surface area contributed by atoms with Gasteiger partial charge in [-0.2, -0.15) is 4.31 Å². The summed E-state index contributed by atoms with van der Waals surface area (Å²) in [6, 6.07) is 13.2. The number of sulfonamides is 1. The highest BCUT2D eigenvalue weighted by molar-refractivity contribution is 7.89. The second kappa shape index (κ2) is 6.29. The summed E-state index contributed by atoms with van der Waals surface area (Å²) >= 11 is 0. The first-order valence-electron chi connectivity index (χ1n) is 7.54. The van der Waals surface area contributed by atoms with Crippen LogP contribution in [0.2, 0.25) is 0 Å². The van der Waals surface area contributed by atoms with Crippen molar-refractivity contribution in [2.75, 3.05) is 31.1 Å². The van der Waals surface area contributed by atoms with Gasteiger partial charge in [-0.05, 0) is 43.3 Å². The van der Waals surface area contributed by atoms with Crippen LogP contribution < -0.4 is 4.90 Å². The molecular weight excluding hydrogens is 315 g/mol. The van der Waals surface area contributed by atoms with Crippen molar-refractivity contribution in [2.24, 2.45) is 0 Å². The number of halogens is 1. The van der Waals surface area contributed by atoms with Crippen LogP contribution in [0.25, 0.3) is 0 Å². The van der Waals surface area contributed by atoms with E-state index in [-0.39, 0.29) is 5.82 Å². The van der Waals surface area contributed by atoms with E-state index in [1.165, 1.54) is 16.4 Å². The van der Waals surface area contributed by atoms with Crippen LogP contribution in [0.3, 0.4) is 0 Å². The summed E-state index contributed by atoms with van der Waals surface area (Å²) in [4.78, 5) is 2.40. The van der Waals surface area contributed by atoms with E-state index in [0.717, 1.165) is 11.3 Å². The second-order valence-electron chi connectivity index (χ2n) is 5.68. The molecular formula is C17H19FN2O2S. The Morgan fingerprint density at radius 3 is 2.00 bits per heavy atom. The number of nitrogens with zero attached hydrogens (tertiary/aromatic N) is 2. The van der Waals surface area contributed by atoms with Crippen molar-refractivity contribution in [3.8, 4) is 0 Å². The number of benzene rings is 2. The molecule has 2 aromatic rings. The minimum atomic E-state index is -3.44. The van der Waals surface area contributed by atoms with Gasteiger partial charge in [-0.15, -0.1) is 0 Å². The predicted octanol–water partition coefficient (Wildman–Crippen LogP) is 2.65. The van der Waals surface area contributed by atoms with Crippen LogP contribution >= 0.6 is 0 Å². The quantitative estimate of drug-likeness (QED) is 0.866. The molecule has 122 valence electrons. The lowest BCUT2D eigenvalue weighted by atomic mass is 10.2. The van der Waals surface area contributed by atoms with Gasteiger partial charge in [0.2, 0.25) is 10.0 Å². The molecule has 0 radical (unpaired) electrons. The molecule has 1 saturated heterocycles. The standard InChI is InChI=1S/C17H19FN2O2S/c1-14-2-8-17(9-3-14)23(21,22)20-12-10-19(11-13-20)16-6-4-15(18)5-7-16/h2-9H,10-13H2,1H3. The van der Waals surface area contributed by atoms with E-state index in [2.05, 4.69) is 4.90 Å². The first kappa shape index (κ1) is 16.0. The first-order chi connectivity index (χ1) is 11.0. The maximum Gasteiger partial charge on any atom is 0.243 e. The highest BCUT2D eigenvalue weighted by Crippen LogP contribution is 2.21. The molecule has 0 aliphatic carbocycles. The van der Waals surface area contributed by atoms with E-state index in [0.29, 0.717) is 31.1 Å². The zero-order chi connectivity index (χ0) is 16.4. The van der Waals surface area contributed by atoms with E-state index >= 15 is 0 Å². The highest BCUT2D eigenvalue weighted by atomic mass is 32.2. The van der Waals surface area contributed by atoms with E-state index in [1.54, 1.807) is 24.3 Å². The minimum absolute atomic E-state index is 0.269. The molecule has 1 aliphatic heterocycles. The van der Waals surface area contributed by atoms with Gasteiger partial charge in [0.15, 0.2) is 0 Å². The van der Waals surface area contributed by atoms with Crippen LogP contribution in [0.15, 0.2) is 53.4 Å². The Hall–Kier alpha value is -1.92. The lowest BCUT2D eigenvalue weighted by Gasteiger charge is -2.35. The number of piperazine rings is 1. The Kier molecular flexibility index (Phi) is 4.37. The largest absolute Gasteiger partial charge is 0.369 e. The topological polar surface area (TPSA) is 40.6 Å². The zero-order valence-corrected chi connectivity index (χ0v) is 13.8. The van der Waals surface area contributed by atoms with Gasteiger partial charge in [0.25, 0.3) is 0 Å². The van der Waals surface area contributed by atoms with Crippen molar-refractivity contribution in [2.45, 2.75) is 11.8 Å². The van der Waals surface area contributed by atoms with Crippen LogP contribution in [-0.2, 0) is 10.0 Å². The second-order valence-corrected chi connectivity index (χ2v) is 7.62. The third kappa shape index (κ3) is 3.38. The van der Waals surface area contributed by atoms with E-state index < -0.39 is 10.0 Å². The molecule has 4 nitrogen and oxygen atoms in total. The molecule has 1 aliphatic rings. The normalized spacial score (nSPS) is 16.5. The molecule has 0 N–H and O–H groups in total. The van der Waals surface area contributed by atoms with Crippen molar-refractivity contribution >= 4 is 15.7 Å². The van der Waals surface area contributed by atoms with Crippen molar-refractivity contribution in [1.82, 2.24) is 4.31 Å². The van der Waals surface area contributed by atoms with Crippen LogP contribution in [-0.4, -0.2) is 38.9 Å². The summed E-state index contributed by atoms with van der Waals surface area (Å²) in [6.45, 7) is 3.96. The van der Waals surface area contributed by atoms with Crippen molar-refractivity contribution in [3.63, 3.8) is 0 Å². The lowest BCUT2D eigenvalue weighted by Crippen LogP contribution is -2.48. The number of rotatable bonds is 3. The molecule has 3 rings (SSSR count). The summed E-state index contributed by atoms with van der Waals surface area (Å²) in [5.74, 6) is -0.269. The van der Waals surface area contributed by atoms with Gasteiger partial charge in [-0.25, -0.2) is 12.8 Å². The van der Waals surface area contributed by atoms with Crippen LogP contribution in [0.5, 0.6) is 0 Å². The molecule has 6 heteroatoms. The number of hydrogen-bond acceptors (Lipinski definition) is 3. The maximum atomic E-state index is 13.0. The monoisotopic (exact) mass is 334 g/mol. The maximum absolute atomic E-state index is 13.0. The number of hydrogen-bond donors (Lipinski definition) is 0. The predicted molar refractivity (Wildman–Crippen MR) is 88.6 cm³/mol. The zero-order valence-electron chi connectivity index (χ0n) is 12.9. The molecule has 23 heavy (non-hydrogen) atoms. The molecule has 1 heterocycles. The summed E-state index contributed by atoms with van der Waals surface area (Å²) in [7, 11) is -3.44. The molecule has 0 amide bonds. The molecule has 0 bridgehead atoms. The minimum Gasteiger partial charge on any atom is -0.369 e. The van der Waals surface area contributed by atoms with E-state index in [4.69, 9.17) is 0 Å². The molecule has 0 unspecified atom stereocenters. The van der Waals surface area contributed by atoms with Crippen LogP contribution in [0.4, 0.5) is 10.1 Å². The molecule has 2 aromatic carbocycles. The van der Waals surface area contributed by atoms with Gasteiger partial charge >= 0.3 is 0 Å². The fraction of sp³-hybridized carbons (Fsp3) is 0.294. The Balaban J connectivity index is 1.70. The van der Waals surface area contributed by atoms with Gasteiger partial charge in [0.1, 0.15) is 5.82 Å². The van der Waals surface area contributed by atoms with Crippen LogP contribution in [0, 0.1) is 12.7 Å². The van der Waals surface area contributed by atoms with E-state index in [1.807, 2.05) is 19.1 Å². The SMILES string of the molecule is Cc1ccc(S(=O)(=O)N2CCN(c3ccc(F)cc3)CC2)cc1. The Morgan fingerprint density at radius 2 is 1.43 bits per heavy atom.